The highest BCUT2D eigenvalue weighted by atomic mass is 16.5. The second-order valence-corrected chi connectivity index (χ2v) is 2.90. The largest absolute Gasteiger partial charge is 0.465 e. The first-order valence-corrected chi connectivity index (χ1v) is 4.21. The van der Waals surface area contributed by atoms with Gasteiger partial charge >= 0.3 is 5.97 Å². The van der Waals surface area contributed by atoms with Crippen LogP contribution >= 0.6 is 0 Å². The minimum atomic E-state index is -0.322. The molecule has 3 heteroatoms. The van der Waals surface area contributed by atoms with Crippen LogP contribution in [0.5, 0.6) is 0 Å². The summed E-state index contributed by atoms with van der Waals surface area (Å²) in [4.78, 5) is 21.4. The molecule has 1 unspecified atom stereocenters. The Hall–Kier alpha value is -0.860. The summed E-state index contributed by atoms with van der Waals surface area (Å²) in [5.41, 5.74) is 0. The minimum absolute atomic E-state index is 0.0955. The Morgan fingerprint density at radius 1 is 1.33 bits per heavy atom. The molecule has 0 fully saturated rings. The van der Waals surface area contributed by atoms with Gasteiger partial charge in [-0.3, -0.25) is 9.59 Å². The third-order valence-electron chi connectivity index (χ3n) is 1.70. The number of Topliss-reactive ketones (excluding diaryl/α,β-unsaturated/α-hetero) is 1. The molecule has 0 spiro atoms. The summed E-state index contributed by atoms with van der Waals surface area (Å²) in [5.74, 6) is -0.339. The van der Waals surface area contributed by atoms with Crippen molar-refractivity contribution < 1.29 is 14.3 Å². The van der Waals surface area contributed by atoms with E-state index in [4.69, 9.17) is 4.74 Å². The zero-order valence-corrected chi connectivity index (χ0v) is 7.92. The fourth-order valence-electron chi connectivity index (χ4n) is 0.970. The Balaban J connectivity index is 3.79. The molecule has 0 aromatic carbocycles. The molecule has 70 valence electrons. The third kappa shape index (κ3) is 4.88. The van der Waals surface area contributed by atoms with Crippen LogP contribution in [0.3, 0.4) is 0 Å². The van der Waals surface area contributed by atoms with Crippen molar-refractivity contribution in [1.82, 2.24) is 0 Å². The average Bonchev–Trinajstić information content (AvgIpc) is 1.96. The predicted molar refractivity (Wildman–Crippen MR) is 45.7 cm³/mol. The fraction of sp³-hybridized carbons (Fsp3) is 0.778. The van der Waals surface area contributed by atoms with Gasteiger partial charge in [-0.15, -0.1) is 0 Å². The highest BCUT2D eigenvalue weighted by molar-refractivity contribution is 5.78. The fourth-order valence-corrected chi connectivity index (χ4v) is 0.970. The minimum Gasteiger partial charge on any atom is -0.465 e. The van der Waals surface area contributed by atoms with E-state index >= 15 is 0 Å². The molecule has 0 aliphatic heterocycles. The van der Waals surface area contributed by atoms with Gasteiger partial charge in [-0.25, -0.2) is 0 Å². The van der Waals surface area contributed by atoms with E-state index in [-0.39, 0.29) is 24.3 Å². The van der Waals surface area contributed by atoms with Crippen molar-refractivity contribution in [2.45, 2.75) is 33.6 Å². The van der Waals surface area contributed by atoms with Crippen LogP contribution in [0.15, 0.2) is 0 Å². The van der Waals surface area contributed by atoms with E-state index in [1.54, 1.807) is 0 Å². The zero-order chi connectivity index (χ0) is 9.56. The zero-order valence-electron chi connectivity index (χ0n) is 7.92. The molecule has 0 aliphatic rings. The van der Waals surface area contributed by atoms with Crippen LogP contribution in [0.1, 0.15) is 33.6 Å². The Kier molecular flexibility index (Phi) is 5.34. The van der Waals surface area contributed by atoms with Crippen molar-refractivity contribution in [1.29, 1.82) is 0 Å². The van der Waals surface area contributed by atoms with Gasteiger partial charge in [-0.1, -0.05) is 13.3 Å². The Morgan fingerprint density at radius 3 is 2.25 bits per heavy atom. The SMILES string of the molecule is CCCC(COC(C)=O)C(C)=O. The van der Waals surface area contributed by atoms with E-state index in [0.717, 1.165) is 12.8 Å². The molecule has 0 aromatic rings. The number of rotatable bonds is 5. The Morgan fingerprint density at radius 2 is 1.92 bits per heavy atom. The van der Waals surface area contributed by atoms with E-state index in [0.29, 0.717) is 0 Å². The number of carbonyl (C=O) groups excluding carboxylic acids is 2. The van der Waals surface area contributed by atoms with Crippen LogP contribution in [0.25, 0.3) is 0 Å². The number of ether oxygens (including phenoxy) is 1. The first-order valence-electron chi connectivity index (χ1n) is 4.21. The van der Waals surface area contributed by atoms with Gasteiger partial charge in [0.15, 0.2) is 0 Å². The lowest BCUT2D eigenvalue weighted by Crippen LogP contribution is -2.19. The summed E-state index contributed by atoms with van der Waals surface area (Å²) in [6, 6.07) is 0. The second-order valence-electron chi connectivity index (χ2n) is 2.90. The Bertz CT molecular complexity index is 163. The van der Waals surface area contributed by atoms with Crippen LogP contribution in [-0.2, 0) is 14.3 Å². The summed E-state index contributed by atoms with van der Waals surface area (Å²) in [7, 11) is 0. The third-order valence-corrected chi connectivity index (χ3v) is 1.70. The first-order chi connectivity index (χ1) is 5.57. The Labute approximate surface area is 73.1 Å². The molecule has 0 radical (unpaired) electrons. The lowest BCUT2D eigenvalue weighted by Gasteiger charge is -2.11. The summed E-state index contributed by atoms with van der Waals surface area (Å²) in [6.45, 7) is 5.12. The number of ketones is 1. The standard InChI is InChI=1S/C9H16O3/c1-4-5-9(7(2)10)6-12-8(3)11/h9H,4-6H2,1-3H3. The van der Waals surface area contributed by atoms with Crippen molar-refractivity contribution in [3.8, 4) is 0 Å². The molecule has 0 aliphatic carbocycles. The van der Waals surface area contributed by atoms with Gasteiger partial charge < -0.3 is 4.74 Å². The van der Waals surface area contributed by atoms with Gasteiger partial charge in [0.1, 0.15) is 12.4 Å². The number of esters is 1. The van der Waals surface area contributed by atoms with Gasteiger partial charge in [0, 0.05) is 6.92 Å². The lowest BCUT2D eigenvalue weighted by atomic mass is 10.0. The van der Waals surface area contributed by atoms with E-state index in [9.17, 15) is 9.59 Å². The van der Waals surface area contributed by atoms with Crippen molar-refractivity contribution in [3.05, 3.63) is 0 Å². The number of carbonyl (C=O) groups is 2. The lowest BCUT2D eigenvalue weighted by molar-refractivity contribution is -0.143. The molecule has 0 heterocycles. The monoisotopic (exact) mass is 172 g/mol. The van der Waals surface area contributed by atoms with Gasteiger partial charge in [0.2, 0.25) is 0 Å². The van der Waals surface area contributed by atoms with E-state index in [1.807, 2.05) is 6.92 Å². The maximum atomic E-state index is 11.0. The summed E-state index contributed by atoms with van der Waals surface area (Å²) in [6.07, 6.45) is 1.73. The van der Waals surface area contributed by atoms with E-state index < -0.39 is 0 Å². The summed E-state index contributed by atoms with van der Waals surface area (Å²) < 4.78 is 4.76. The van der Waals surface area contributed by atoms with Crippen LogP contribution < -0.4 is 0 Å². The molecule has 0 bridgehead atoms. The number of hydrogen-bond acceptors (Lipinski definition) is 3. The smallest absolute Gasteiger partial charge is 0.302 e. The summed E-state index contributed by atoms with van der Waals surface area (Å²) in [5, 5.41) is 0. The van der Waals surface area contributed by atoms with E-state index in [2.05, 4.69) is 0 Å². The molecule has 1 atom stereocenters. The van der Waals surface area contributed by atoms with Crippen LogP contribution in [0.4, 0.5) is 0 Å². The van der Waals surface area contributed by atoms with Crippen molar-refractivity contribution in [2.24, 2.45) is 5.92 Å². The molecule has 0 saturated heterocycles. The predicted octanol–water partition coefficient (Wildman–Crippen LogP) is 1.55. The molecule has 0 aromatic heterocycles. The highest BCUT2D eigenvalue weighted by Gasteiger charge is 2.14. The van der Waals surface area contributed by atoms with Crippen molar-refractivity contribution >= 4 is 11.8 Å². The number of hydrogen-bond donors (Lipinski definition) is 0. The van der Waals surface area contributed by atoms with Crippen LogP contribution in [0, 0.1) is 5.92 Å². The molecule has 12 heavy (non-hydrogen) atoms. The molecule has 0 N–H and O–H groups in total. The average molecular weight is 172 g/mol. The second kappa shape index (κ2) is 5.75. The molecule has 3 nitrogen and oxygen atoms in total. The quantitative estimate of drug-likeness (QED) is 0.591. The molecule has 0 rings (SSSR count). The molecule has 0 amide bonds. The van der Waals surface area contributed by atoms with E-state index in [1.165, 1.54) is 13.8 Å². The normalized spacial score (nSPS) is 12.2. The maximum absolute atomic E-state index is 11.0. The van der Waals surface area contributed by atoms with Gasteiger partial charge in [0.05, 0.1) is 5.92 Å². The van der Waals surface area contributed by atoms with Gasteiger partial charge in [-0.05, 0) is 13.3 Å². The molecular weight excluding hydrogens is 156 g/mol. The van der Waals surface area contributed by atoms with Crippen molar-refractivity contribution in [2.75, 3.05) is 6.61 Å². The molecule has 0 saturated carbocycles. The topological polar surface area (TPSA) is 43.4 Å². The summed E-state index contributed by atoms with van der Waals surface area (Å²) >= 11 is 0. The maximum Gasteiger partial charge on any atom is 0.302 e. The van der Waals surface area contributed by atoms with Gasteiger partial charge in [-0.2, -0.15) is 0 Å². The van der Waals surface area contributed by atoms with Crippen molar-refractivity contribution in [3.63, 3.8) is 0 Å². The first kappa shape index (κ1) is 11.1. The molecular formula is C9H16O3. The van der Waals surface area contributed by atoms with Crippen LogP contribution in [0.2, 0.25) is 0 Å². The van der Waals surface area contributed by atoms with Gasteiger partial charge in [0.25, 0.3) is 0 Å². The highest BCUT2D eigenvalue weighted by Crippen LogP contribution is 2.07. The van der Waals surface area contributed by atoms with Crippen LogP contribution in [-0.4, -0.2) is 18.4 Å².